The molecule has 1 atom stereocenters. The van der Waals surface area contributed by atoms with Gasteiger partial charge in [0, 0.05) is 11.6 Å². The second-order valence-corrected chi connectivity index (χ2v) is 5.76. The average Bonchev–Trinajstić information content (AvgIpc) is 2.93. The number of benzene rings is 1. The van der Waals surface area contributed by atoms with Gasteiger partial charge in [0.15, 0.2) is 0 Å². The summed E-state index contributed by atoms with van der Waals surface area (Å²) < 4.78 is 5.16. The van der Waals surface area contributed by atoms with E-state index in [1.165, 1.54) is 12.8 Å². The molecule has 1 aromatic rings. The van der Waals surface area contributed by atoms with Crippen molar-refractivity contribution < 1.29 is 9.53 Å². The predicted molar refractivity (Wildman–Crippen MR) is 81.2 cm³/mol. The molecule has 0 saturated heterocycles. The Morgan fingerprint density at radius 2 is 2.10 bits per heavy atom. The lowest BCUT2D eigenvalue weighted by molar-refractivity contribution is -0.146. The van der Waals surface area contributed by atoms with Crippen LogP contribution in [0.1, 0.15) is 44.2 Å². The van der Waals surface area contributed by atoms with E-state index in [1.807, 2.05) is 6.07 Å². The maximum Gasteiger partial charge on any atom is 0.327 e. The summed E-state index contributed by atoms with van der Waals surface area (Å²) in [6.45, 7) is 2.14. The number of hydrogen-bond donors (Lipinski definition) is 1. The van der Waals surface area contributed by atoms with Crippen LogP contribution in [0, 0.1) is 0 Å². The van der Waals surface area contributed by atoms with Crippen LogP contribution in [-0.2, 0) is 9.53 Å². The zero-order valence-electron chi connectivity index (χ0n) is 11.5. The molecule has 3 nitrogen and oxygen atoms in total. The Morgan fingerprint density at radius 3 is 2.75 bits per heavy atom. The largest absolute Gasteiger partial charge is 0.465 e. The van der Waals surface area contributed by atoms with Gasteiger partial charge in [-0.3, -0.25) is 5.32 Å². The van der Waals surface area contributed by atoms with Crippen LogP contribution in [0.2, 0.25) is 10.0 Å². The Hall–Kier alpha value is -0.770. The van der Waals surface area contributed by atoms with Gasteiger partial charge in [0.2, 0.25) is 0 Å². The van der Waals surface area contributed by atoms with Crippen LogP contribution in [0.5, 0.6) is 0 Å². The van der Waals surface area contributed by atoms with Gasteiger partial charge in [0.25, 0.3) is 0 Å². The SMILES string of the molecule is CCOC(=O)C(NC1CCCC1)c1cccc(Cl)c1Cl. The fourth-order valence-corrected chi connectivity index (χ4v) is 3.00. The van der Waals surface area contributed by atoms with Gasteiger partial charge in [-0.25, -0.2) is 4.79 Å². The molecule has 0 aliphatic heterocycles. The Bertz CT molecular complexity index is 473. The molecule has 1 aliphatic carbocycles. The third-order valence-electron chi connectivity index (χ3n) is 3.57. The first kappa shape index (κ1) is 15.6. The van der Waals surface area contributed by atoms with Crippen molar-refractivity contribution in [2.24, 2.45) is 0 Å². The van der Waals surface area contributed by atoms with Crippen LogP contribution >= 0.6 is 23.2 Å². The monoisotopic (exact) mass is 315 g/mol. The molecule has 2 rings (SSSR count). The van der Waals surface area contributed by atoms with Gasteiger partial charge >= 0.3 is 5.97 Å². The molecule has 110 valence electrons. The normalized spacial score (nSPS) is 17.1. The zero-order chi connectivity index (χ0) is 14.5. The molecule has 0 radical (unpaired) electrons. The first-order valence-corrected chi connectivity index (χ1v) is 7.75. The first-order chi connectivity index (χ1) is 9.63. The standard InChI is InChI=1S/C15H19Cl2NO2/c1-2-20-15(19)14(18-10-6-3-4-7-10)11-8-5-9-12(16)13(11)17/h5,8-10,14,18H,2-4,6-7H2,1H3. The molecule has 0 heterocycles. The van der Waals surface area contributed by atoms with Gasteiger partial charge in [-0.15, -0.1) is 0 Å². The summed E-state index contributed by atoms with van der Waals surface area (Å²) in [7, 11) is 0. The van der Waals surface area contributed by atoms with Crippen molar-refractivity contribution in [3.63, 3.8) is 0 Å². The molecule has 1 N–H and O–H groups in total. The molecule has 1 aliphatic rings. The van der Waals surface area contributed by atoms with E-state index in [2.05, 4.69) is 5.32 Å². The minimum Gasteiger partial charge on any atom is -0.465 e. The average molecular weight is 316 g/mol. The molecular formula is C15H19Cl2NO2. The van der Waals surface area contributed by atoms with Gasteiger partial charge in [0.05, 0.1) is 16.7 Å². The van der Waals surface area contributed by atoms with E-state index in [4.69, 9.17) is 27.9 Å². The van der Waals surface area contributed by atoms with Gasteiger partial charge in [-0.1, -0.05) is 48.2 Å². The van der Waals surface area contributed by atoms with Crippen molar-refractivity contribution in [3.8, 4) is 0 Å². The third kappa shape index (κ3) is 3.66. The quantitative estimate of drug-likeness (QED) is 0.830. The highest BCUT2D eigenvalue weighted by Crippen LogP contribution is 2.32. The van der Waals surface area contributed by atoms with Crippen molar-refractivity contribution in [2.75, 3.05) is 6.61 Å². The number of nitrogens with one attached hydrogen (secondary N) is 1. The van der Waals surface area contributed by atoms with E-state index >= 15 is 0 Å². The van der Waals surface area contributed by atoms with Gasteiger partial charge < -0.3 is 4.74 Å². The van der Waals surface area contributed by atoms with E-state index in [0.29, 0.717) is 28.3 Å². The summed E-state index contributed by atoms with van der Waals surface area (Å²) in [6, 6.07) is 5.11. The molecule has 0 spiro atoms. The van der Waals surface area contributed by atoms with Crippen molar-refractivity contribution in [1.29, 1.82) is 0 Å². The van der Waals surface area contributed by atoms with E-state index in [-0.39, 0.29) is 5.97 Å². The van der Waals surface area contributed by atoms with Gasteiger partial charge in [0.1, 0.15) is 6.04 Å². The summed E-state index contributed by atoms with van der Waals surface area (Å²) >= 11 is 12.3. The molecular weight excluding hydrogens is 297 g/mol. The number of hydrogen-bond acceptors (Lipinski definition) is 3. The molecule has 1 unspecified atom stereocenters. The summed E-state index contributed by atoms with van der Waals surface area (Å²) in [5.41, 5.74) is 0.685. The fraction of sp³-hybridized carbons (Fsp3) is 0.533. The second kappa shape index (κ2) is 7.30. The van der Waals surface area contributed by atoms with Gasteiger partial charge in [-0.05, 0) is 25.8 Å². The molecule has 1 aromatic carbocycles. The van der Waals surface area contributed by atoms with Crippen LogP contribution in [0.25, 0.3) is 0 Å². The minimum absolute atomic E-state index is 0.302. The van der Waals surface area contributed by atoms with Crippen molar-refractivity contribution in [2.45, 2.75) is 44.7 Å². The molecule has 0 amide bonds. The highest BCUT2D eigenvalue weighted by Gasteiger charge is 2.28. The van der Waals surface area contributed by atoms with E-state index in [0.717, 1.165) is 12.8 Å². The van der Waals surface area contributed by atoms with E-state index < -0.39 is 6.04 Å². The van der Waals surface area contributed by atoms with Crippen molar-refractivity contribution in [1.82, 2.24) is 5.32 Å². The lowest BCUT2D eigenvalue weighted by Crippen LogP contribution is -2.36. The number of halogens is 2. The zero-order valence-corrected chi connectivity index (χ0v) is 13.0. The predicted octanol–water partition coefficient (Wildman–Crippen LogP) is 4.13. The Balaban J connectivity index is 2.24. The summed E-state index contributed by atoms with van der Waals surface area (Å²) in [5.74, 6) is -0.302. The van der Waals surface area contributed by atoms with Crippen molar-refractivity contribution >= 4 is 29.2 Å². The summed E-state index contributed by atoms with van der Waals surface area (Å²) in [4.78, 5) is 12.2. The number of carbonyl (C=O) groups is 1. The van der Waals surface area contributed by atoms with Crippen molar-refractivity contribution in [3.05, 3.63) is 33.8 Å². The highest BCUT2D eigenvalue weighted by molar-refractivity contribution is 6.42. The van der Waals surface area contributed by atoms with Crippen LogP contribution in [0.4, 0.5) is 0 Å². The smallest absolute Gasteiger partial charge is 0.327 e. The molecule has 1 fully saturated rings. The van der Waals surface area contributed by atoms with E-state index in [1.54, 1.807) is 19.1 Å². The number of esters is 1. The third-order valence-corrected chi connectivity index (χ3v) is 4.41. The van der Waals surface area contributed by atoms with Crippen LogP contribution in [0.15, 0.2) is 18.2 Å². The lowest BCUT2D eigenvalue weighted by atomic mass is 10.1. The van der Waals surface area contributed by atoms with Gasteiger partial charge in [-0.2, -0.15) is 0 Å². The van der Waals surface area contributed by atoms with E-state index in [9.17, 15) is 4.79 Å². The maximum absolute atomic E-state index is 12.2. The Labute approximate surface area is 129 Å². The fourth-order valence-electron chi connectivity index (χ4n) is 2.58. The van der Waals surface area contributed by atoms with Crippen LogP contribution in [0.3, 0.4) is 0 Å². The second-order valence-electron chi connectivity index (χ2n) is 4.98. The van der Waals surface area contributed by atoms with Crippen LogP contribution < -0.4 is 5.32 Å². The molecule has 0 bridgehead atoms. The molecule has 1 saturated carbocycles. The topological polar surface area (TPSA) is 38.3 Å². The minimum atomic E-state index is -0.552. The van der Waals surface area contributed by atoms with Crippen LogP contribution in [-0.4, -0.2) is 18.6 Å². The number of carbonyl (C=O) groups excluding carboxylic acids is 1. The maximum atomic E-state index is 12.2. The summed E-state index contributed by atoms with van der Waals surface area (Å²) in [6.07, 6.45) is 4.54. The molecule has 5 heteroatoms. The first-order valence-electron chi connectivity index (χ1n) is 7.00. The molecule has 20 heavy (non-hydrogen) atoms. The Morgan fingerprint density at radius 1 is 1.40 bits per heavy atom. The number of ether oxygens (including phenoxy) is 1. The highest BCUT2D eigenvalue weighted by atomic mass is 35.5. The summed E-state index contributed by atoms with van der Waals surface area (Å²) in [5, 5.41) is 4.23. The Kier molecular flexibility index (Phi) is 5.70. The number of rotatable bonds is 5. The molecule has 0 aromatic heterocycles. The lowest BCUT2D eigenvalue weighted by Gasteiger charge is -2.23.